The molecule has 0 bridgehead atoms. The molecule has 5 heteroatoms. The van der Waals surface area contributed by atoms with E-state index < -0.39 is 8.32 Å². The van der Waals surface area contributed by atoms with E-state index in [0.29, 0.717) is 19.4 Å². The largest absolute Gasteiger partial charge is 0.541 e. The van der Waals surface area contributed by atoms with Gasteiger partial charge in [0.15, 0.2) is 5.75 Å². The van der Waals surface area contributed by atoms with Crippen molar-refractivity contribution < 1.29 is 18.7 Å². The van der Waals surface area contributed by atoms with Crippen molar-refractivity contribution >= 4 is 20.4 Å². The van der Waals surface area contributed by atoms with Gasteiger partial charge in [0.1, 0.15) is 5.75 Å². The molecule has 0 N–H and O–H groups in total. The predicted molar refractivity (Wildman–Crippen MR) is 106 cm³/mol. The van der Waals surface area contributed by atoms with Crippen molar-refractivity contribution in [3.05, 3.63) is 29.8 Å². The Balaban J connectivity index is 2.80. The van der Waals surface area contributed by atoms with Crippen molar-refractivity contribution in [2.75, 3.05) is 13.7 Å². The second-order valence-corrected chi connectivity index (χ2v) is 12.2. The molecule has 0 atom stereocenters. The summed E-state index contributed by atoms with van der Waals surface area (Å²) in [5.74, 6) is 1.36. The third kappa shape index (κ3) is 6.57. The van der Waals surface area contributed by atoms with Gasteiger partial charge in [0, 0.05) is 6.42 Å². The highest BCUT2D eigenvalue weighted by atomic mass is 28.4. The van der Waals surface area contributed by atoms with Gasteiger partial charge in [-0.1, -0.05) is 39.0 Å². The lowest BCUT2D eigenvalue weighted by molar-refractivity contribution is -0.142. The average molecular weight is 365 g/mol. The first-order valence-electron chi connectivity index (χ1n) is 8.80. The molecule has 1 aromatic rings. The summed E-state index contributed by atoms with van der Waals surface area (Å²) in [5, 5.41) is 0.129. The van der Waals surface area contributed by atoms with Crippen molar-refractivity contribution in [3.8, 4) is 11.5 Å². The van der Waals surface area contributed by atoms with Gasteiger partial charge in [0.2, 0.25) is 0 Å². The molecule has 0 unspecified atom stereocenters. The van der Waals surface area contributed by atoms with Crippen molar-refractivity contribution in [1.29, 1.82) is 0 Å². The van der Waals surface area contributed by atoms with E-state index in [2.05, 4.69) is 33.9 Å². The number of benzene rings is 1. The molecule has 1 rings (SSSR count). The Hall–Kier alpha value is -1.75. The molecule has 0 radical (unpaired) electrons. The molecule has 0 aliphatic heterocycles. The molecule has 0 amide bonds. The van der Waals surface area contributed by atoms with E-state index in [-0.39, 0.29) is 11.0 Å². The Bertz CT molecular complexity index is 600. The van der Waals surface area contributed by atoms with Crippen molar-refractivity contribution in [1.82, 2.24) is 0 Å². The Labute approximate surface area is 153 Å². The van der Waals surface area contributed by atoms with Gasteiger partial charge in [0.05, 0.1) is 13.7 Å². The lowest BCUT2D eigenvalue weighted by Crippen LogP contribution is -2.43. The number of carbonyl (C=O) groups is 1. The van der Waals surface area contributed by atoms with Crippen LogP contribution in [0.5, 0.6) is 11.5 Å². The van der Waals surface area contributed by atoms with Crippen LogP contribution in [0.3, 0.4) is 0 Å². The Morgan fingerprint density at radius 2 is 1.88 bits per heavy atom. The molecule has 0 heterocycles. The molecule has 0 aliphatic rings. The zero-order chi connectivity index (χ0) is 19.1. The molecule has 1 aromatic carbocycles. The second kappa shape index (κ2) is 9.09. The van der Waals surface area contributed by atoms with Crippen LogP contribution < -0.4 is 9.16 Å². The Morgan fingerprint density at radius 1 is 1.20 bits per heavy atom. The van der Waals surface area contributed by atoms with Gasteiger partial charge >= 0.3 is 5.97 Å². The van der Waals surface area contributed by atoms with Gasteiger partial charge in [-0.25, -0.2) is 0 Å². The fourth-order valence-corrected chi connectivity index (χ4v) is 2.98. The van der Waals surface area contributed by atoms with Crippen LogP contribution in [0, 0.1) is 0 Å². The SMILES string of the molecule is CCOC(=O)CC/C=C/c1ccc(O[Si](C)(C)C(C)(C)C)c(OC)c1. The number of carbonyl (C=O) groups excluding carboxylic acids is 1. The standard InChI is InChI=1S/C20H32O4Si/c1-8-23-19(21)12-10-9-11-16-13-14-17(18(15-16)22-5)24-25(6,7)20(2,3)4/h9,11,13-15H,8,10,12H2,1-7H3/b11-9+. The number of allylic oxidation sites excluding steroid dienone is 1. The van der Waals surface area contributed by atoms with Gasteiger partial charge < -0.3 is 13.9 Å². The third-order valence-electron chi connectivity index (χ3n) is 4.49. The zero-order valence-electron chi connectivity index (χ0n) is 16.6. The minimum atomic E-state index is -1.91. The van der Waals surface area contributed by atoms with E-state index >= 15 is 0 Å². The van der Waals surface area contributed by atoms with E-state index in [1.54, 1.807) is 7.11 Å². The quantitative estimate of drug-likeness (QED) is 0.455. The van der Waals surface area contributed by atoms with Crippen LogP contribution in [-0.2, 0) is 9.53 Å². The molecule has 0 aromatic heterocycles. The van der Waals surface area contributed by atoms with Crippen molar-refractivity contribution in [2.24, 2.45) is 0 Å². The molecular formula is C20H32O4Si. The summed E-state index contributed by atoms with van der Waals surface area (Å²) in [6.07, 6.45) is 5.01. The molecule has 0 aliphatic carbocycles. The lowest BCUT2D eigenvalue weighted by Gasteiger charge is -2.36. The number of esters is 1. The Morgan fingerprint density at radius 3 is 2.44 bits per heavy atom. The molecule has 0 saturated heterocycles. The summed E-state index contributed by atoms with van der Waals surface area (Å²) in [6.45, 7) is 13.3. The molecule has 0 spiro atoms. The number of ether oxygens (including phenoxy) is 2. The highest BCUT2D eigenvalue weighted by Gasteiger charge is 2.39. The maximum Gasteiger partial charge on any atom is 0.306 e. The van der Waals surface area contributed by atoms with E-state index in [1.807, 2.05) is 37.3 Å². The van der Waals surface area contributed by atoms with Crippen LogP contribution in [0.25, 0.3) is 6.08 Å². The smallest absolute Gasteiger partial charge is 0.306 e. The molecule has 0 saturated carbocycles. The summed E-state index contributed by atoms with van der Waals surface area (Å²) >= 11 is 0. The minimum Gasteiger partial charge on any atom is -0.541 e. The van der Waals surface area contributed by atoms with Crippen molar-refractivity contribution in [2.45, 2.75) is 58.7 Å². The van der Waals surface area contributed by atoms with Gasteiger partial charge in [-0.3, -0.25) is 4.79 Å². The maximum absolute atomic E-state index is 11.3. The number of rotatable bonds is 8. The summed E-state index contributed by atoms with van der Waals surface area (Å²) in [6, 6.07) is 5.93. The Kier molecular flexibility index (Phi) is 7.74. The monoisotopic (exact) mass is 364 g/mol. The zero-order valence-corrected chi connectivity index (χ0v) is 17.6. The normalized spacial score (nSPS) is 12.3. The molecular weight excluding hydrogens is 332 g/mol. The van der Waals surface area contributed by atoms with Gasteiger partial charge in [-0.15, -0.1) is 0 Å². The first-order valence-corrected chi connectivity index (χ1v) is 11.7. The van der Waals surface area contributed by atoms with E-state index in [4.69, 9.17) is 13.9 Å². The first-order chi connectivity index (χ1) is 11.6. The lowest BCUT2D eigenvalue weighted by atomic mass is 10.1. The third-order valence-corrected chi connectivity index (χ3v) is 8.83. The predicted octanol–water partition coefficient (Wildman–Crippen LogP) is 5.44. The maximum atomic E-state index is 11.3. The van der Waals surface area contributed by atoms with Gasteiger partial charge in [-0.2, -0.15) is 0 Å². The highest BCUT2D eigenvalue weighted by Crippen LogP contribution is 2.40. The first kappa shape index (κ1) is 21.3. The summed E-state index contributed by atoms with van der Waals surface area (Å²) in [4.78, 5) is 11.3. The molecule has 4 nitrogen and oxygen atoms in total. The van der Waals surface area contributed by atoms with Crippen LogP contribution in [0.1, 0.15) is 46.1 Å². The van der Waals surface area contributed by atoms with Gasteiger partial charge in [-0.05, 0) is 49.2 Å². The van der Waals surface area contributed by atoms with Crippen LogP contribution >= 0.6 is 0 Å². The number of hydrogen-bond acceptors (Lipinski definition) is 4. The summed E-state index contributed by atoms with van der Waals surface area (Å²) in [7, 11) is -0.257. The summed E-state index contributed by atoms with van der Waals surface area (Å²) in [5.41, 5.74) is 1.02. The average Bonchev–Trinajstić information content (AvgIpc) is 2.51. The van der Waals surface area contributed by atoms with Crippen molar-refractivity contribution in [3.63, 3.8) is 0 Å². The fraction of sp³-hybridized carbons (Fsp3) is 0.550. The van der Waals surface area contributed by atoms with Crippen LogP contribution in [0.4, 0.5) is 0 Å². The van der Waals surface area contributed by atoms with Crippen LogP contribution in [-0.4, -0.2) is 28.0 Å². The molecule has 25 heavy (non-hydrogen) atoms. The minimum absolute atomic E-state index is 0.129. The second-order valence-electron chi connectivity index (χ2n) is 7.52. The fourth-order valence-electron chi connectivity index (χ4n) is 1.95. The highest BCUT2D eigenvalue weighted by molar-refractivity contribution is 6.74. The number of methoxy groups -OCH3 is 1. The van der Waals surface area contributed by atoms with E-state index in [9.17, 15) is 4.79 Å². The van der Waals surface area contributed by atoms with E-state index in [1.165, 1.54) is 0 Å². The van der Waals surface area contributed by atoms with Gasteiger partial charge in [0.25, 0.3) is 8.32 Å². The van der Waals surface area contributed by atoms with Crippen LogP contribution in [0.2, 0.25) is 18.1 Å². The molecule has 0 fully saturated rings. The van der Waals surface area contributed by atoms with E-state index in [0.717, 1.165) is 17.1 Å². The van der Waals surface area contributed by atoms with Crippen LogP contribution in [0.15, 0.2) is 24.3 Å². The topological polar surface area (TPSA) is 44.8 Å². The summed E-state index contributed by atoms with van der Waals surface area (Å²) < 4.78 is 16.8. The molecule has 140 valence electrons. The number of hydrogen-bond donors (Lipinski definition) is 0.